The van der Waals surface area contributed by atoms with Crippen LogP contribution < -0.4 is 0 Å². The van der Waals surface area contributed by atoms with Gasteiger partial charge in [-0.2, -0.15) is 13.2 Å². The van der Waals surface area contributed by atoms with Crippen molar-refractivity contribution in [1.29, 1.82) is 0 Å². The lowest BCUT2D eigenvalue weighted by atomic mass is 9.89. The van der Waals surface area contributed by atoms with E-state index in [0.717, 1.165) is 0 Å². The number of rotatable bonds is 2. The number of hydrogen-bond acceptors (Lipinski definition) is 1. The van der Waals surface area contributed by atoms with Crippen molar-refractivity contribution in [3.8, 4) is 0 Å². The van der Waals surface area contributed by atoms with E-state index in [1.165, 1.54) is 0 Å². The zero-order valence-corrected chi connectivity index (χ0v) is 9.95. The van der Waals surface area contributed by atoms with Crippen LogP contribution in [0.4, 0.5) is 13.2 Å². The van der Waals surface area contributed by atoms with Crippen molar-refractivity contribution in [3.63, 3.8) is 0 Å². The summed E-state index contributed by atoms with van der Waals surface area (Å²) in [6.45, 7) is 0. The van der Waals surface area contributed by atoms with Gasteiger partial charge in [0, 0.05) is 17.4 Å². The average molecular weight is 264 g/mol. The summed E-state index contributed by atoms with van der Waals surface area (Å²) in [5, 5.41) is 0. The molecule has 2 atom stereocenters. The Hall–Kier alpha value is -1.84. The SMILES string of the molecule is O=C(C1=C(c2ccccc2)C2C=CC1C2)C(F)(F)F. The molecule has 0 saturated carbocycles. The Morgan fingerprint density at radius 3 is 2.32 bits per heavy atom. The number of ketones is 1. The highest BCUT2D eigenvalue weighted by molar-refractivity contribution is 6.08. The molecule has 19 heavy (non-hydrogen) atoms. The summed E-state index contributed by atoms with van der Waals surface area (Å²) < 4.78 is 38.1. The monoisotopic (exact) mass is 264 g/mol. The maximum atomic E-state index is 12.7. The van der Waals surface area contributed by atoms with E-state index in [9.17, 15) is 18.0 Å². The molecule has 4 heteroatoms. The molecule has 0 heterocycles. The smallest absolute Gasteiger partial charge is 0.284 e. The van der Waals surface area contributed by atoms with E-state index in [-0.39, 0.29) is 17.4 Å². The molecule has 3 rings (SSSR count). The lowest BCUT2D eigenvalue weighted by Crippen LogP contribution is -2.27. The molecule has 1 nitrogen and oxygen atoms in total. The summed E-state index contributed by atoms with van der Waals surface area (Å²) >= 11 is 0. The normalized spacial score (nSPS) is 25.2. The number of allylic oxidation sites excluding steroid dienone is 4. The van der Waals surface area contributed by atoms with Crippen LogP contribution in [0.3, 0.4) is 0 Å². The molecule has 0 aromatic heterocycles. The van der Waals surface area contributed by atoms with Gasteiger partial charge in [0.05, 0.1) is 0 Å². The van der Waals surface area contributed by atoms with Crippen LogP contribution >= 0.6 is 0 Å². The largest absolute Gasteiger partial charge is 0.454 e. The van der Waals surface area contributed by atoms with Crippen LogP contribution in [0, 0.1) is 11.8 Å². The van der Waals surface area contributed by atoms with Gasteiger partial charge in [-0.3, -0.25) is 4.79 Å². The molecular formula is C15H11F3O. The van der Waals surface area contributed by atoms with E-state index in [4.69, 9.17) is 0 Å². The van der Waals surface area contributed by atoms with Crippen LogP contribution in [-0.4, -0.2) is 12.0 Å². The van der Waals surface area contributed by atoms with Crippen molar-refractivity contribution in [1.82, 2.24) is 0 Å². The van der Waals surface area contributed by atoms with Crippen LogP contribution in [0.5, 0.6) is 0 Å². The van der Waals surface area contributed by atoms with Crippen molar-refractivity contribution in [3.05, 3.63) is 53.6 Å². The first-order valence-electron chi connectivity index (χ1n) is 6.08. The Balaban J connectivity index is 2.12. The first kappa shape index (κ1) is 12.2. The fourth-order valence-corrected chi connectivity index (χ4v) is 2.96. The molecule has 0 spiro atoms. The van der Waals surface area contributed by atoms with E-state index < -0.39 is 12.0 Å². The number of carbonyl (C=O) groups is 1. The predicted octanol–water partition coefficient (Wildman–Crippen LogP) is 3.78. The van der Waals surface area contributed by atoms with Gasteiger partial charge in [-0.15, -0.1) is 0 Å². The molecule has 0 saturated heterocycles. The minimum absolute atomic E-state index is 0.0614. The van der Waals surface area contributed by atoms with E-state index in [0.29, 0.717) is 17.6 Å². The number of carbonyl (C=O) groups excluding carboxylic acids is 1. The topological polar surface area (TPSA) is 17.1 Å². The second-order valence-electron chi connectivity index (χ2n) is 4.85. The zero-order valence-electron chi connectivity index (χ0n) is 9.95. The second kappa shape index (κ2) is 4.08. The van der Waals surface area contributed by atoms with Gasteiger partial charge in [0.1, 0.15) is 0 Å². The van der Waals surface area contributed by atoms with Crippen LogP contribution in [-0.2, 0) is 4.79 Å². The van der Waals surface area contributed by atoms with E-state index in [2.05, 4.69) is 0 Å². The molecular weight excluding hydrogens is 253 g/mol. The lowest BCUT2D eigenvalue weighted by molar-refractivity contribution is -0.166. The van der Waals surface area contributed by atoms with E-state index in [1.807, 2.05) is 6.08 Å². The number of Topliss-reactive ketones (excluding diaryl/α,β-unsaturated/α-hetero) is 1. The molecule has 1 aromatic rings. The number of alkyl halides is 3. The molecule has 2 bridgehead atoms. The molecule has 0 aliphatic heterocycles. The van der Waals surface area contributed by atoms with Gasteiger partial charge in [0.25, 0.3) is 5.78 Å². The molecule has 2 aliphatic rings. The minimum Gasteiger partial charge on any atom is -0.284 e. The van der Waals surface area contributed by atoms with Gasteiger partial charge in [0.2, 0.25) is 0 Å². The van der Waals surface area contributed by atoms with Crippen molar-refractivity contribution < 1.29 is 18.0 Å². The average Bonchev–Trinajstić information content (AvgIpc) is 2.97. The molecule has 98 valence electrons. The van der Waals surface area contributed by atoms with Gasteiger partial charge in [-0.1, -0.05) is 42.5 Å². The maximum absolute atomic E-state index is 12.7. The highest BCUT2D eigenvalue weighted by atomic mass is 19.4. The third kappa shape index (κ3) is 1.91. The lowest BCUT2D eigenvalue weighted by Gasteiger charge is -2.17. The zero-order chi connectivity index (χ0) is 13.6. The second-order valence-corrected chi connectivity index (χ2v) is 4.85. The summed E-state index contributed by atoms with van der Waals surface area (Å²) in [6, 6.07) is 8.86. The molecule has 2 unspecified atom stereocenters. The Morgan fingerprint density at radius 2 is 1.68 bits per heavy atom. The Kier molecular flexibility index (Phi) is 2.62. The molecule has 0 fully saturated rings. The molecule has 0 amide bonds. The summed E-state index contributed by atoms with van der Waals surface area (Å²) in [5.41, 5.74) is 1.20. The Bertz CT molecular complexity index is 581. The first-order valence-corrected chi connectivity index (χ1v) is 6.08. The first-order chi connectivity index (χ1) is 8.98. The van der Waals surface area contributed by atoms with Gasteiger partial charge >= 0.3 is 6.18 Å². The van der Waals surface area contributed by atoms with Crippen molar-refractivity contribution in [2.24, 2.45) is 11.8 Å². The molecule has 1 aromatic carbocycles. The third-order valence-electron chi connectivity index (χ3n) is 3.70. The fraction of sp³-hybridized carbons (Fsp3) is 0.267. The van der Waals surface area contributed by atoms with Crippen LogP contribution in [0.2, 0.25) is 0 Å². The summed E-state index contributed by atoms with van der Waals surface area (Å²) in [5.74, 6) is -2.13. The highest BCUT2D eigenvalue weighted by Gasteiger charge is 2.48. The number of fused-ring (bicyclic) bond motifs is 2. The van der Waals surface area contributed by atoms with Crippen molar-refractivity contribution >= 4 is 11.4 Å². The Labute approximate surface area is 108 Å². The van der Waals surface area contributed by atoms with Crippen LogP contribution in [0.15, 0.2) is 48.1 Å². The number of hydrogen-bond donors (Lipinski definition) is 0. The molecule has 0 radical (unpaired) electrons. The number of halogens is 3. The van der Waals surface area contributed by atoms with Gasteiger partial charge in [0.15, 0.2) is 0 Å². The maximum Gasteiger partial charge on any atom is 0.454 e. The van der Waals surface area contributed by atoms with Gasteiger partial charge in [-0.05, 0) is 17.6 Å². The van der Waals surface area contributed by atoms with E-state index in [1.54, 1.807) is 36.4 Å². The molecule has 2 aliphatic carbocycles. The highest BCUT2D eigenvalue weighted by Crippen LogP contribution is 2.50. The molecule has 0 N–H and O–H groups in total. The summed E-state index contributed by atoms with van der Waals surface area (Å²) in [4.78, 5) is 11.6. The third-order valence-corrected chi connectivity index (χ3v) is 3.70. The van der Waals surface area contributed by atoms with Gasteiger partial charge < -0.3 is 0 Å². The van der Waals surface area contributed by atoms with Gasteiger partial charge in [-0.25, -0.2) is 0 Å². The van der Waals surface area contributed by atoms with Crippen LogP contribution in [0.1, 0.15) is 12.0 Å². The summed E-state index contributed by atoms with van der Waals surface area (Å²) in [6.07, 6.45) is -0.592. The predicted molar refractivity (Wildman–Crippen MR) is 65.2 cm³/mol. The van der Waals surface area contributed by atoms with Crippen LogP contribution in [0.25, 0.3) is 5.57 Å². The summed E-state index contributed by atoms with van der Waals surface area (Å²) in [7, 11) is 0. The van der Waals surface area contributed by atoms with E-state index >= 15 is 0 Å². The standard InChI is InChI=1S/C15H11F3O/c16-15(17,18)14(19)13-11-7-6-10(8-11)12(13)9-4-2-1-3-5-9/h1-7,10-11H,8H2. The minimum atomic E-state index is -4.80. The van der Waals surface area contributed by atoms with Crippen molar-refractivity contribution in [2.45, 2.75) is 12.6 Å². The fourth-order valence-electron chi connectivity index (χ4n) is 2.96. The van der Waals surface area contributed by atoms with Crippen molar-refractivity contribution in [2.75, 3.05) is 0 Å². The Morgan fingerprint density at radius 1 is 1.05 bits per heavy atom. The quantitative estimate of drug-likeness (QED) is 0.743. The number of benzene rings is 1.